The van der Waals surface area contributed by atoms with Gasteiger partial charge in [-0.15, -0.1) is 0 Å². The lowest BCUT2D eigenvalue weighted by Crippen LogP contribution is -2.53. The Balaban J connectivity index is 0.000000477. The predicted octanol–water partition coefficient (Wildman–Crippen LogP) is 2.01. The first-order valence-corrected chi connectivity index (χ1v) is 14.2. The van der Waals surface area contributed by atoms with E-state index in [-0.39, 0.29) is 11.9 Å². The Hall–Kier alpha value is -4.69. The fourth-order valence-electron chi connectivity index (χ4n) is 4.50. The van der Waals surface area contributed by atoms with Gasteiger partial charge in [-0.2, -0.15) is 0 Å². The summed E-state index contributed by atoms with van der Waals surface area (Å²) < 4.78 is 5.81. The molecular formula is C30H40N4O10. The molecule has 0 spiro atoms. The second kappa shape index (κ2) is 18.8. The van der Waals surface area contributed by atoms with E-state index in [4.69, 9.17) is 44.3 Å². The van der Waals surface area contributed by atoms with Crippen LogP contribution < -0.4 is 15.0 Å². The maximum Gasteiger partial charge on any atom is 0.414 e. The number of carbonyl (C=O) groups is 5. The van der Waals surface area contributed by atoms with Crippen molar-refractivity contribution in [2.75, 3.05) is 62.6 Å². The van der Waals surface area contributed by atoms with Gasteiger partial charge in [-0.1, -0.05) is 18.2 Å². The summed E-state index contributed by atoms with van der Waals surface area (Å²) in [6, 6.07) is 18.1. The van der Waals surface area contributed by atoms with Crippen LogP contribution in [0.3, 0.4) is 0 Å². The van der Waals surface area contributed by atoms with Gasteiger partial charge in [-0.3, -0.25) is 14.6 Å². The van der Waals surface area contributed by atoms with Crippen molar-refractivity contribution in [3.63, 3.8) is 0 Å². The van der Waals surface area contributed by atoms with Gasteiger partial charge < -0.3 is 35.4 Å². The van der Waals surface area contributed by atoms with E-state index in [9.17, 15) is 4.79 Å². The number of carboxylic acids is 4. The number of ether oxygens (including phenoxy) is 1. The smallest absolute Gasteiger partial charge is 0.414 e. The van der Waals surface area contributed by atoms with E-state index in [0.29, 0.717) is 6.61 Å². The monoisotopic (exact) mass is 616 g/mol. The molecule has 2 aromatic rings. The lowest BCUT2D eigenvalue weighted by atomic mass is 10.1. The Labute approximate surface area is 255 Å². The molecule has 240 valence electrons. The van der Waals surface area contributed by atoms with E-state index < -0.39 is 23.9 Å². The minimum Gasteiger partial charge on any atom is -0.492 e. The first-order chi connectivity index (χ1) is 21.0. The number of hydrogen-bond donors (Lipinski definition) is 5. The van der Waals surface area contributed by atoms with E-state index in [1.165, 1.54) is 24.9 Å². The molecule has 1 amide bonds. The molecular weight excluding hydrogens is 576 g/mol. The highest BCUT2D eigenvalue weighted by Crippen LogP contribution is 2.22. The molecule has 0 aromatic heterocycles. The van der Waals surface area contributed by atoms with Gasteiger partial charge in [-0.25, -0.2) is 19.2 Å². The maximum absolute atomic E-state index is 12.8. The van der Waals surface area contributed by atoms with Gasteiger partial charge in [-0.05, 0) is 62.6 Å². The third-order valence-electron chi connectivity index (χ3n) is 6.98. The molecule has 1 atom stereocenters. The highest BCUT2D eigenvalue weighted by Gasteiger charge is 2.25. The lowest BCUT2D eigenvalue weighted by Gasteiger charge is -2.37. The van der Waals surface area contributed by atoms with Crippen molar-refractivity contribution < 1.29 is 49.1 Å². The number of hydrogen-bond acceptors (Lipinski definition) is 9. The van der Waals surface area contributed by atoms with Crippen molar-refractivity contribution in [1.82, 2.24) is 9.80 Å². The molecule has 4 rings (SSSR count). The number of piperazine rings is 1. The Morgan fingerprint density at radius 2 is 1.25 bits per heavy atom. The first kappa shape index (κ1) is 35.5. The number of piperidine rings is 1. The van der Waals surface area contributed by atoms with Crippen LogP contribution in [0.4, 0.5) is 11.4 Å². The number of rotatable bonds is 8. The molecule has 5 N–H and O–H groups in total. The Bertz CT molecular complexity index is 1160. The van der Waals surface area contributed by atoms with Crippen molar-refractivity contribution >= 4 is 41.2 Å². The number of nitrogens with one attached hydrogen (secondary N) is 1. The maximum atomic E-state index is 12.8. The molecule has 2 aliphatic heterocycles. The van der Waals surface area contributed by atoms with Gasteiger partial charge in [0.25, 0.3) is 0 Å². The zero-order chi connectivity index (χ0) is 32.5. The summed E-state index contributed by atoms with van der Waals surface area (Å²) in [7, 11) is 0. The Morgan fingerprint density at radius 1 is 0.727 bits per heavy atom. The SMILES string of the molecule is CC(C(=O)Nc1ccc(N2CCCCC2)cc1)N1CCN(CCOc2ccccc2)CC1.O=C(O)C(=O)O.O=C(O)C(=O)O. The average molecular weight is 617 g/mol. The predicted molar refractivity (Wildman–Crippen MR) is 161 cm³/mol. The van der Waals surface area contributed by atoms with E-state index in [1.54, 1.807) is 0 Å². The van der Waals surface area contributed by atoms with Crippen LogP contribution in [0.1, 0.15) is 26.2 Å². The topological polar surface area (TPSA) is 197 Å². The fourth-order valence-corrected chi connectivity index (χ4v) is 4.50. The van der Waals surface area contributed by atoms with Crippen LogP contribution in [0.2, 0.25) is 0 Å². The largest absolute Gasteiger partial charge is 0.492 e. The van der Waals surface area contributed by atoms with Gasteiger partial charge in [0.2, 0.25) is 5.91 Å². The van der Waals surface area contributed by atoms with Crippen LogP contribution in [0.5, 0.6) is 5.75 Å². The quantitative estimate of drug-likeness (QED) is 0.270. The summed E-state index contributed by atoms with van der Waals surface area (Å²) in [5, 5.41) is 32.7. The van der Waals surface area contributed by atoms with Crippen LogP contribution in [0.25, 0.3) is 0 Å². The van der Waals surface area contributed by atoms with Crippen molar-refractivity contribution in [3.05, 3.63) is 54.6 Å². The van der Waals surface area contributed by atoms with Crippen LogP contribution >= 0.6 is 0 Å². The number of carboxylic acid groups (broad SMARTS) is 4. The molecule has 0 aliphatic carbocycles. The Kier molecular flexibility index (Phi) is 15.1. The van der Waals surface area contributed by atoms with Gasteiger partial charge in [0.05, 0.1) is 6.04 Å². The normalized spacial score (nSPS) is 15.7. The number of nitrogens with zero attached hydrogens (tertiary/aromatic N) is 3. The van der Waals surface area contributed by atoms with Crippen LogP contribution in [0, 0.1) is 0 Å². The van der Waals surface area contributed by atoms with E-state index in [2.05, 4.69) is 32.1 Å². The van der Waals surface area contributed by atoms with Gasteiger partial charge in [0.1, 0.15) is 12.4 Å². The lowest BCUT2D eigenvalue weighted by molar-refractivity contribution is -0.159. The Morgan fingerprint density at radius 3 is 1.75 bits per heavy atom. The molecule has 0 radical (unpaired) electrons. The summed E-state index contributed by atoms with van der Waals surface area (Å²) in [5.41, 5.74) is 2.13. The highest BCUT2D eigenvalue weighted by atomic mass is 16.5. The summed E-state index contributed by atoms with van der Waals surface area (Å²) in [5.74, 6) is -6.31. The van der Waals surface area contributed by atoms with E-state index in [0.717, 1.165) is 57.3 Å². The number of amides is 1. The molecule has 2 saturated heterocycles. The number of para-hydroxylation sites is 1. The van der Waals surface area contributed by atoms with Crippen LogP contribution in [-0.2, 0) is 24.0 Å². The zero-order valence-electron chi connectivity index (χ0n) is 24.6. The minimum atomic E-state index is -1.82. The van der Waals surface area contributed by atoms with Crippen molar-refractivity contribution in [2.24, 2.45) is 0 Å². The number of aliphatic carboxylic acids is 4. The van der Waals surface area contributed by atoms with Crippen molar-refractivity contribution in [1.29, 1.82) is 0 Å². The minimum absolute atomic E-state index is 0.0663. The standard InChI is InChI=1S/C26H36N4O2.2C2H2O4/c1-22(26(31)27-23-10-12-24(13-11-23)30-14-6-3-7-15-30)29-18-16-28(17-19-29)20-21-32-25-8-4-2-5-9-25;2*3-1(4)2(5)6/h2,4-5,8-13,22H,3,6-7,14-21H2,1H3,(H,27,31);2*(H,3,4)(H,5,6). The summed E-state index contributed by atoms with van der Waals surface area (Å²) in [6.45, 7) is 9.58. The van der Waals surface area contributed by atoms with E-state index in [1.807, 2.05) is 49.4 Å². The molecule has 14 nitrogen and oxygen atoms in total. The van der Waals surface area contributed by atoms with Gasteiger partial charge >= 0.3 is 23.9 Å². The first-order valence-electron chi connectivity index (χ1n) is 14.2. The van der Waals surface area contributed by atoms with Gasteiger partial charge in [0, 0.05) is 57.2 Å². The number of benzene rings is 2. The second-order valence-corrected chi connectivity index (χ2v) is 10.0. The molecule has 2 fully saturated rings. The third-order valence-corrected chi connectivity index (χ3v) is 6.98. The molecule has 0 bridgehead atoms. The van der Waals surface area contributed by atoms with Crippen LogP contribution in [-0.4, -0.2) is 118 Å². The molecule has 0 saturated carbocycles. The number of anilines is 2. The second-order valence-electron chi connectivity index (χ2n) is 10.0. The highest BCUT2D eigenvalue weighted by molar-refractivity contribution is 6.27. The molecule has 2 aliphatic rings. The molecule has 2 aromatic carbocycles. The summed E-state index contributed by atoms with van der Waals surface area (Å²) in [4.78, 5) is 56.3. The zero-order valence-corrected chi connectivity index (χ0v) is 24.6. The molecule has 14 heteroatoms. The van der Waals surface area contributed by atoms with Crippen molar-refractivity contribution in [3.8, 4) is 5.75 Å². The summed E-state index contributed by atoms with van der Waals surface area (Å²) >= 11 is 0. The molecule has 44 heavy (non-hydrogen) atoms. The molecule has 2 heterocycles. The van der Waals surface area contributed by atoms with E-state index >= 15 is 0 Å². The fraction of sp³-hybridized carbons (Fsp3) is 0.433. The summed E-state index contributed by atoms with van der Waals surface area (Å²) in [6.07, 6.45) is 3.87. The van der Waals surface area contributed by atoms with Gasteiger partial charge in [0.15, 0.2) is 0 Å². The van der Waals surface area contributed by atoms with Crippen LogP contribution in [0.15, 0.2) is 54.6 Å². The third kappa shape index (κ3) is 13.1. The van der Waals surface area contributed by atoms with Crippen molar-refractivity contribution in [2.45, 2.75) is 32.2 Å². The molecule has 1 unspecified atom stereocenters. The number of carbonyl (C=O) groups excluding carboxylic acids is 1. The average Bonchev–Trinajstić information content (AvgIpc) is 3.03.